The Hall–Kier alpha value is -0.830. The molecule has 0 aliphatic heterocycles. The summed E-state index contributed by atoms with van der Waals surface area (Å²) in [5, 5.41) is 3.96. The van der Waals surface area contributed by atoms with Crippen LogP contribution in [0.3, 0.4) is 0 Å². The predicted molar refractivity (Wildman–Crippen MR) is 66.9 cm³/mol. The van der Waals surface area contributed by atoms with Gasteiger partial charge in [0.15, 0.2) is 0 Å². The third kappa shape index (κ3) is 2.46. The second-order valence-electron chi connectivity index (χ2n) is 4.94. The largest absolute Gasteiger partial charge is 0.369 e. The van der Waals surface area contributed by atoms with E-state index in [4.69, 9.17) is 11.6 Å². The summed E-state index contributed by atoms with van der Waals surface area (Å²) in [6.07, 6.45) is 2.84. The molecule has 1 N–H and O–H groups in total. The van der Waals surface area contributed by atoms with Crippen molar-refractivity contribution in [3.8, 4) is 0 Å². The molecule has 0 amide bonds. The van der Waals surface area contributed by atoms with E-state index >= 15 is 0 Å². The van der Waals surface area contributed by atoms with Crippen molar-refractivity contribution in [2.45, 2.75) is 33.1 Å². The Balaban J connectivity index is 2.09. The minimum Gasteiger partial charge on any atom is -0.369 e. The summed E-state index contributed by atoms with van der Waals surface area (Å²) in [4.78, 5) is 8.31. The highest BCUT2D eigenvalue weighted by molar-refractivity contribution is 6.30. The lowest BCUT2D eigenvalue weighted by molar-refractivity contribution is 0.776. The number of anilines is 1. The van der Waals surface area contributed by atoms with Gasteiger partial charge in [0.2, 0.25) is 0 Å². The maximum Gasteiger partial charge on any atom is 0.138 e. The molecule has 0 spiro atoms. The molecule has 1 aliphatic carbocycles. The van der Waals surface area contributed by atoms with Gasteiger partial charge in [-0.15, -0.1) is 0 Å². The Kier molecular flexibility index (Phi) is 3.33. The first kappa shape index (κ1) is 11.6. The zero-order valence-electron chi connectivity index (χ0n) is 10.00. The van der Waals surface area contributed by atoms with Crippen LogP contribution in [0.25, 0.3) is 0 Å². The standard InChI is InChI=1S/C12H18ClN3/c1-7(2)10-11(13)15-6-16-12(10)14-5-9-4-8(9)3/h6-9H,4-5H2,1-3H3,(H,14,15,16). The number of aromatic nitrogens is 2. The van der Waals surface area contributed by atoms with Gasteiger partial charge in [-0.2, -0.15) is 0 Å². The first-order chi connectivity index (χ1) is 7.59. The van der Waals surface area contributed by atoms with Crippen molar-refractivity contribution in [3.63, 3.8) is 0 Å². The van der Waals surface area contributed by atoms with Crippen LogP contribution in [-0.4, -0.2) is 16.5 Å². The molecule has 0 bridgehead atoms. The van der Waals surface area contributed by atoms with Crippen molar-refractivity contribution in [1.82, 2.24) is 9.97 Å². The fourth-order valence-corrected chi connectivity index (χ4v) is 2.29. The summed E-state index contributed by atoms with van der Waals surface area (Å²) in [5.41, 5.74) is 1.03. The van der Waals surface area contributed by atoms with Crippen LogP contribution in [-0.2, 0) is 0 Å². The summed E-state index contributed by atoms with van der Waals surface area (Å²) >= 11 is 6.09. The van der Waals surface area contributed by atoms with Crippen molar-refractivity contribution in [1.29, 1.82) is 0 Å². The summed E-state index contributed by atoms with van der Waals surface area (Å²) in [6.45, 7) is 7.49. The molecule has 0 radical (unpaired) electrons. The van der Waals surface area contributed by atoms with E-state index in [1.807, 2.05) is 0 Å². The molecular formula is C12H18ClN3. The Morgan fingerprint density at radius 3 is 2.75 bits per heavy atom. The van der Waals surface area contributed by atoms with Crippen LogP contribution in [0.5, 0.6) is 0 Å². The highest BCUT2D eigenvalue weighted by Crippen LogP contribution is 2.38. The molecule has 3 nitrogen and oxygen atoms in total. The highest BCUT2D eigenvalue weighted by Gasteiger charge is 2.32. The van der Waals surface area contributed by atoms with Gasteiger partial charge >= 0.3 is 0 Å². The fraction of sp³-hybridized carbons (Fsp3) is 0.667. The van der Waals surface area contributed by atoms with Gasteiger partial charge in [-0.05, 0) is 24.2 Å². The van der Waals surface area contributed by atoms with Crippen molar-refractivity contribution >= 4 is 17.4 Å². The van der Waals surface area contributed by atoms with E-state index in [-0.39, 0.29) is 0 Å². The van der Waals surface area contributed by atoms with Crippen LogP contribution >= 0.6 is 11.6 Å². The molecule has 0 saturated heterocycles. The molecule has 0 aromatic carbocycles. The Morgan fingerprint density at radius 2 is 2.19 bits per heavy atom. The van der Waals surface area contributed by atoms with Gasteiger partial charge in [-0.3, -0.25) is 0 Å². The van der Waals surface area contributed by atoms with Gasteiger partial charge < -0.3 is 5.32 Å². The molecule has 2 rings (SSSR count). The lowest BCUT2D eigenvalue weighted by Crippen LogP contribution is -2.10. The Labute approximate surface area is 102 Å². The first-order valence-electron chi connectivity index (χ1n) is 5.83. The topological polar surface area (TPSA) is 37.8 Å². The highest BCUT2D eigenvalue weighted by atomic mass is 35.5. The van der Waals surface area contributed by atoms with Crippen LogP contribution in [0.2, 0.25) is 5.15 Å². The average molecular weight is 240 g/mol. The van der Waals surface area contributed by atoms with Crippen molar-refractivity contribution in [3.05, 3.63) is 17.0 Å². The van der Waals surface area contributed by atoms with E-state index in [1.54, 1.807) is 0 Å². The monoisotopic (exact) mass is 239 g/mol. The molecule has 1 aromatic rings. The van der Waals surface area contributed by atoms with Crippen LogP contribution < -0.4 is 5.32 Å². The smallest absolute Gasteiger partial charge is 0.138 e. The van der Waals surface area contributed by atoms with Crippen LogP contribution in [0.15, 0.2) is 6.33 Å². The molecule has 2 unspecified atom stereocenters. The minimum absolute atomic E-state index is 0.341. The zero-order chi connectivity index (χ0) is 11.7. The molecule has 88 valence electrons. The van der Waals surface area contributed by atoms with Crippen molar-refractivity contribution < 1.29 is 0 Å². The quantitative estimate of drug-likeness (QED) is 0.820. The molecule has 1 saturated carbocycles. The van der Waals surface area contributed by atoms with E-state index in [0.29, 0.717) is 11.1 Å². The summed E-state index contributed by atoms with van der Waals surface area (Å²) < 4.78 is 0. The third-order valence-corrected chi connectivity index (χ3v) is 3.52. The molecule has 1 fully saturated rings. The Morgan fingerprint density at radius 1 is 1.50 bits per heavy atom. The molecule has 16 heavy (non-hydrogen) atoms. The maximum atomic E-state index is 6.09. The fourth-order valence-electron chi connectivity index (χ4n) is 1.94. The lowest BCUT2D eigenvalue weighted by atomic mass is 10.1. The summed E-state index contributed by atoms with van der Waals surface area (Å²) in [7, 11) is 0. The van der Waals surface area contributed by atoms with Gasteiger partial charge in [0.05, 0.1) is 0 Å². The molecule has 1 aromatic heterocycles. The van der Waals surface area contributed by atoms with E-state index in [2.05, 4.69) is 36.1 Å². The lowest BCUT2D eigenvalue weighted by Gasteiger charge is -2.14. The number of hydrogen-bond acceptors (Lipinski definition) is 3. The average Bonchev–Trinajstić information content (AvgIpc) is 2.91. The second-order valence-corrected chi connectivity index (χ2v) is 5.29. The minimum atomic E-state index is 0.341. The predicted octanol–water partition coefficient (Wildman–Crippen LogP) is 3.32. The Bertz CT molecular complexity index is 379. The van der Waals surface area contributed by atoms with Crippen LogP contribution in [0.4, 0.5) is 5.82 Å². The van der Waals surface area contributed by atoms with E-state index in [9.17, 15) is 0 Å². The van der Waals surface area contributed by atoms with Crippen LogP contribution in [0, 0.1) is 11.8 Å². The van der Waals surface area contributed by atoms with Crippen molar-refractivity contribution in [2.75, 3.05) is 11.9 Å². The van der Waals surface area contributed by atoms with Gasteiger partial charge in [0.25, 0.3) is 0 Å². The molecule has 4 heteroatoms. The van der Waals surface area contributed by atoms with Crippen LogP contribution in [0.1, 0.15) is 38.7 Å². The second kappa shape index (κ2) is 4.58. The van der Waals surface area contributed by atoms with Crippen molar-refractivity contribution in [2.24, 2.45) is 11.8 Å². The van der Waals surface area contributed by atoms with Gasteiger partial charge in [0, 0.05) is 12.1 Å². The van der Waals surface area contributed by atoms with E-state index in [0.717, 1.165) is 29.8 Å². The number of rotatable bonds is 4. The molecule has 1 heterocycles. The zero-order valence-corrected chi connectivity index (χ0v) is 10.8. The summed E-state index contributed by atoms with van der Waals surface area (Å²) in [6, 6.07) is 0. The number of halogens is 1. The SMILES string of the molecule is CC(C)c1c(Cl)ncnc1NCC1CC1C. The first-order valence-corrected chi connectivity index (χ1v) is 6.21. The number of nitrogens with one attached hydrogen (secondary N) is 1. The summed E-state index contributed by atoms with van der Waals surface area (Å²) in [5.74, 6) is 2.89. The molecular weight excluding hydrogens is 222 g/mol. The maximum absolute atomic E-state index is 6.09. The van der Waals surface area contributed by atoms with Gasteiger partial charge in [-0.25, -0.2) is 9.97 Å². The van der Waals surface area contributed by atoms with E-state index in [1.165, 1.54) is 12.7 Å². The van der Waals surface area contributed by atoms with Gasteiger partial charge in [0.1, 0.15) is 17.3 Å². The molecule has 1 aliphatic rings. The van der Waals surface area contributed by atoms with Gasteiger partial charge in [-0.1, -0.05) is 32.4 Å². The third-order valence-electron chi connectivity index (χ3n) is 3.22. The van der Waals surface area contributed by atoms with E-state index < -0.39 is 0 Å². The number of nitrogens with zero attached hydrogens (tertiary/aromatic N) is 2. The number of hydrogen-bond donors (Lipinski definition) is 1. The molecule has 2 atom stereocenters. The normalized spacial score (nSPS) is 23.6.